The second-order valence-electron chi connectivity index (χ2n) is 9.91. The Labute approximate surface area is 227 Å². The summed E-state index contributed by atoms with van der Waals surface area (Å²) in [4.78, 5) is 30.9. The standard InChI is InChI=1S/C28H33N9O2/c1-29-28(38)32-21-7-5-20(6-8-21)25-33-26(36-14-16-39-17-15-36)24-18-31-37(27(24)34-25)23-9-12-35(13-10-23)19-22-4-2-3-11-30-22/h2-8,11,18,23H,9-10,12-17,19H2,1H3,(H2,29,32,38). The zero-order valence-electron chi connectivity index (χ0n) is 22.1. The van der Waals surface area contributed by atoms with Gasteiger partial charge in [0.1, 0.15) is 5.82 Å². The van der Waals surface area contributed by atoms with E-state index in [1.807, 2.05) is 48.8 Å². The molecule has 0 radical (unpaired) electrons. The number of rotatable bonds is 6. The van der Waals surface area contributed by atoms with Crippen LogP contribution in [-0.4, -0.2) is 82.1 Å². The molecule has 2 aliphatic rings. The number of amides is 2. The lowest BCUT2D eigenvalue weighted by Crippen LogP contribution is -2.37. The fraction of sp³-hybridized carbons (Fsp3) is 0.393. The van der Waals surface area contributed by atoms with Crippen LogP contribution in [0.5, 0.6) is 0 Å². The number of urea groups is 1. The van der Waals surface area contributed by atoms with Crippen LogP contribution in [-0.2, 0) is 11.3 Å². The number of ether oxygens (including phenoxy) is 1. The van der Waals surface area contributed by atoms with Crippen molar-refractivity contribution in [1.29, 1.82) is 0 Å². The van der Waals surface area contributed by atoms with Crippen LogP contribution in [0.2, 0.25) is 0 Å². The molecule has 6 rings (SSSR count). The van der Waals surface area contributed by atoms with Crippen LogP contribution in [0, 0.1) is 0 Å². The van der Waals surface area contributed by atoms with Gasteiger partial charge in [-0.2, -0.15) is 5.10 Å². The van der Waals surface area contributed by atoms with E-state index >= 15 is 0 Å². The number of aromatic nitrogens is 5. The molecule has 3 aromatic heterocycles. The lowest BCUT2D eigenvalue weighted by molar-refractivity contribution is 0.122. The summed E-state index contributed by atoms with van der Waals surface area (Å²) < 4.78 is 7.70. The molecule has 0 atom stereocenters. The summed E-state index contributed by atoms with van der Waals surface area (Å²) >= 11 is 0. The third-order valence-corrected chi connectivity index (χ3v) is 7.39. The van der Waals surface area contributed by atoms with Gasteiger partial charge in [0.2, 0.25) is 0 Å². The lowest BCUT2D eigenvalue weighted by atomic mass is 10.0. The van der Waals surface area contributed by atoms with Crippen LogP contribution in [0.25, 0.3) is 22.4 Å². The highest BCUT2D eigenvalue weighted by atomic mass is 16.5. The molecule has 1 aromatic carbocycles. The predicted molar refractivity (Wildman–Crippen MR) is 150 cm³/mol. The van der Waals surface area contributed by atoms with Gasteiger partial charge in [-0.3, -0.25) is 9.88 Å². The van der Waals surface area contributed by atoms with Crippen molar-refractivity contribution < 1.29 is 9.53 Å². The number of fused-ring (bicyclic) bond motifs is 1. The predicted octanol–water partition coefficient (Wildman–Crippen LogP) is 3.31. The van der Waals surface area contributed by atoms with Crippen molar-refractivity contribution >= 4 is 28.6 Å². The van der Waals surface area contributed by atoms with Gasteiger partial charge in [0.25, 0.3) is 0 Å². The zero-order valence-corrected chi connectivity index (χ0v) is 22.1. The normalized spacial score (nSPS) is 16.9. The number of nitrogens with one attached hydrogen (secondary N) is 2. The highest BCUT2D eigenvalue weighted by Crippen LogP contribution is 2.32. The number of nitrogens with zero attached hydrogens (tertiary/aromatic N) is 7. The maximum atomic E-state index is 11.7. The van der Waals surface area contributed by atoms with Gasteiger partial charge in [0.05, 0.1) is 36.5 Å². The quantitative estimate of drug-likeness (QED) is 0.393. The molecular formula is C28H33N9O2. The Kier molecular flexibility index (Phi) is 7.33. The van der Waals surface area contributed by atoms with Crippen LogP contribution in [0.15, 0.2) is 54.9 Å². The van der Waals surface area contributed by atoms with Gasteiger partial charge in [0.15, 0.2) is 11.5 Å². The molecule has 2 N–H and O–H groups in total. The number of hydrogen-bond donors (Lipinski definition) is 2. The Bertz CT molecular complexity index is 1410. The summed E-state index contributed by atoms with van der Waals surface area (Å²) in [7, 11) is 1.59. The first kappa shape index (κ1) is 25.2. The Hall–Kier alpha value is -4.09. The number of carbonyl (C=O) groups is 1. The molecule has 11 heteroatoms. The summed E-state index contributed by atoms with van der Waals surface area (Å²) in [6, 6.07) is 13.7. The maximum Gasteiger partial charge on any atom is 0.318 e. The molecule has 202 valence electrons. The molecule has 0 saturated carbocycles. The number of hydrogen-bond acceptors (Lipinski definition) is 8. The van der Waals surface area contributed by atoms with Gasteiger partial charge in [-0.15, -0.1) is 0 Å². The molecule has 0 aliphatic carbocycles. The third-order valence-electron chi connectivity index (χ3n) is 7.39. The van der Waals surface area contributed by atoms with Crippen molar-refractivity contribution in [2.24, 2.45) is 0 Å². The van der Waals surface area contributed by atoms with Crippen molar-refractivity contribution in [2.75, 3.05) is 56.7 Å². The van der Waals surface area contributed by atoms with E-state index in [1.54, 1.807) is 7.05 Å². The molecule has 4 aromatic rings. The monoisotopic (exact) mass is 527 g/mol. The Morgan fingerprint density at radius 3 is 2.54 bits per heavy atom. The number of anilines is 2. The molecule has 2 saturated heterocycles. The van der Waals surface area contributed by atoms with Crippen LogP contribution in [0.4, 0.5) is 16.3 Å². The minimum Gasteiger partial charge on any atom is -0.378 e. The first-order valence-corrected chi connectivity index (χ1v) is 13.5. The summed E-state index contributed by atoms with van der Waals surface area (Å²) in [5.74, 6) is 1.54. The average molecular weight is 528 g/mol. The van der Waals surface area contributed by atoms with E-state index in [1.165, 1.54) is 0 Å². The SMILES string of the molecule is CNC(=O)Nc1ccc(-c2nc(N3CCOCC3)c3cnn(C4CCN(Cc5ccccn5)CC4)c3n2)cc1. The number of likely N-dealkylation sites (tertiary alicyclic amines) is 1. The molecule has 2 aliphatic heterocycles. The minimum absolute atomic E-state index is 0.259. The summed E-state index contributed by atoms with van der Waals surface area (Å²) in [6.07, 6.45) is 5.76. The second-order valence-corrected chi connectivity index (χ2v) is 9.91. The first-order valence-electron chi connectivity index (χ1n) is 13.5. The first-order chi connectivity index (χ1) is 19.2. The smallest absolute Gasteiger partial charge is 0.318 e. The van der Waals surface area contributed by atoms with Gasteiger partial charge in [0, 0.05) is 57.2 Å². The van der Waals surface area contributed by atoms with E-state index < -0.39 is 0 Å². The van der Waals surface area contributed by atoms with Crippen LogP contribution < -0.4 is 15.5 Å². The topological polar surface area (TPSA) is 113 Å². The zero-order chi connectivity index (χ0) is 26.6. The highest BCUT2D eigenvalue weighted by molar-refractivity contribution is 5.90. The molecule has 39 heavy (non-hydrogen) atoms. The number of pyridine rings is 1. The van der Waals surface area contributed by atoms with Gasteiger partial charge in [-0.05, 0) is 49.2 Å². The number of morpholine rings is 1. The minimum atomic E-state index is -0.259. The Morgan fingerprint density at radius 2 is 1.82 bits per heavy atom. The van der Waals surface area contributed by atoms with E-state index in [0.717, 1.165) is 73.7 Å². The molecular weight excluding hydrogens is 494 g/mol. The fourth-order valence-electron chi connectivity index (χ4n) is 5.26. The van der Waals surface area contributed by atoms with Gasteiger partial charge in [-0.25, -0.2) is 19.4 Å². The number of piperidine rings is 1. The Balaban J connectivity index is 1.29. The van der Waals surface area contributed by atoms with Crippen molar-refractivity contribution in [3.05, 3.63) is 60.6 Å². The van der Waals surface area contributed by atoms with E-state index in [4.69, 9.17) is 19.8 Å². The molecule has 0 unspecified atom stereocenters. The second kappa shape index (κ2) is 11.3. The van der Waals surface area contributed by atoms with Crippen LogP contribution >= 0.6 is 0 Å². The van der Waals surface area contributed by atoms with E-state index in [0.29, 0.717) is 24.7 Å². The summed E-state index contributed by atoms with van der Waals surface area (Å²) in [6.45, 7) is 5.72. The molecule has 2 fully saturated rings. The largest absolute Gasteiger partial charge is 0.378 e. The fourth-order valence-corrected chi connectivity index (χ4v) is 5.26. The van der Waals surface area contributed by atoms with Crippen molar-refractivity contribution in [3.8, 4) is 11.4 Å². The van der Waals surface area contributed by atoms with Gasteiger partial charge < -0.3 is 20.3 Å². The average Bonchev–Trinajstić information content (AvgIpc) is 3.42. The lowest BCUT2D eigenvalue weighted by Gasteiger charge is -2.32. The molecule has 2 amide bonds. The third kappa shape index (κ3) is 5.55. The van der Waals surface area contributed by atoms with Gasteiger partial charge in [-0.1, -0.05) is 6.07 Å². The van der Waals surface area contributed by atoms with Crippen LogP contribution in [0.3, 0.4) is 0 Å². The van der Waals surface area contributed by atoms with Crippen molar-refractivity contribution in [3.63, 3.8) is 0 Å². The van der Waals surface area contributed by atoms with Crippen molar-refractivity contribution in [2.45, 2.75) is 25.4 Å². The van der Waals surface area contributed by atoms with E-state index in [2.05, 4.69) is 36.2 Å². The molecule has 11 nitrogen and oxygen atoms in total. The summed E-state index contributed by atoms with van der Waals surface area (Å²) in [5, 5.41) is 11.2. The van der Waals surface area contributed by atoms with Crippen LogP contribution in [0.1, 0.15) is 24.6 Å². The van der Waals surface area contributed by atoms with Crippen molar-refractivity contribution in [1.82, 2.24) is 34.9 Å². The molecule has 0 bridgehead atoms. The maximum absolute atomic E-state index is 11.7. The Morgan fingerprint density at radius 1 is 1.03 bits per heavy atom. The number of carbonyl (C=O) groups excluding carboxylic acids is 1. The highest BCUT2D eigenvalue weighted by Gasteiger charge is 2.26. The van der Waals surface area contributed by atoms with E-state index in [-0.39, 0.29) is 12.1 Å². The number of benzene rings is 1. The summed E-state index contributed by atoms with van der Waals surface area (Å²) in [5.41, 5.74) is 3.55. The molecule has 0 spiro atoms. The van der Waals surface area contributed by atoms with Gasteiger partial charge >= 0.3 is 6.03 Å². The molecule has 5 heterocycles. The van der Waals surface area contributed by atoms with E-state index in [9.17, 15) is 4.79 Å².